The Bertz CT molecular complexity index is 247. The Morgan fingerprint density at radius 2 is 2.19 bits per heavy atom. The molecule has 3 heteroatoms. The van der Waals surface area contributed by atoms with Crippen LogP contribution in [0.15, 0.2) is 0 Å². The highest BCUT2D eigenvalue weighted by Crippen LogP contribution is 2.31. The van der Waals surface area contributed by atoms with Crippen molar-refractivity contribution in [1.29, 1.82) is 5.26 Å². The molecule has 0 aromatic heterocycles. The fourth-order valence-electron chi connectivity index (χ4n) is 2.54. The SMILES string of the molecule is CC(O)CCN(C)C1CC(C)CCC1C#N. The second-order valence-electron chi connectivity index (χ2n) is 5.34. The van der Waals surface area contributed by atoms with Gasteiger partial charge in [-0.15, -0.1) is 0 Å². The molecule has 1 N–H and O–H groups in total. The first-order valence-corrected chi connectivity index (χ1v) is 6.32. The first kappa shape index (κ1) is 13.5. The third kappa shape index (κ3) is 3.77. The van der Waals surface area contributed by atoms with Gasteiger partial charge >= 0.3 is 0 Å². The summed E-state index contributed by atoms with van der Waals surface area (Å²) < 4.78 is 0. The van der Waals surface area contributed by atoms with E-state index in [9.17, 15) is 5.11 Å². The van der Waals surface area contributed by atoms with Gasteiger partial charge in [0.15, 0.2) is 0 Å². The van der Waals surface area contributed by atoms with E-state index in [0.29, 0.717) is 6.04 Å². The lowest BCUT2D eigenvalue weighted by molar-refractivity contribution is 0.105. The lowest BCUT2D eigenvalue weighted by Gasteiger charge is -2.37. The van der Waals surface area contributed by atoms with E-state index in [0.717, 1.165) is 31.7 Å². The fraction of sp³-hybridized carbons (Fsp3) is 0.923. The highest BCUT2D eigenvalue weighted by atomic mass is 16.3. The van der Waals surface area contributed by atoms with Crippen molar-refractivity contribution in [2.45, 2.75) is 51.7 Å². The molecule has 0 bridgehead atoms. The number of rotatable bonds is 4. The van der Waals surface area contributed by atoms with Crippen molar-refractivity contribution in [3.8, 4) is 6.07 Å². The van der Waals surface area contributed by atoms with Crippen LogP contribution in [0.25, 0.3) is 0 Å². The third-order valence-electron chi connectivity index (χ3n) is 3.71. The summed E-state index contributed by atoms with van der Waals surface area (Å²) in [5.41, 5.74) is 0. The van der Waals surface area contributed by atoms with E-state index in [-0.39, 0.29) is 12.0 Å². The summed E-state index contributed by atoms with van der Waals surface area (Å²) in [6, 6.07) is 2.82. The van der Waals surface area contributed by atoms with Gasteiger partial charge < -0.3 is 10.0 Å². The molecular weight excluding hydrogens is 200 g/mol. The van der Waals surface area contributed by atoms with Gasteiger partial charge in [-0.3, -0.25) is 0 Å². The molecule has 16 heavy (non-hydrogen) atoms. The van der Waals surface area contributed by atoms with Crippen LogP contribution in [0.2, 0.25) is 0 Å². The van der Waals surface area contributed by atoms with Crippen molar-refractivity contribution in [1.82, 2.24) is 4.90 Å². The zero-order valence-corrected chi connectivity index (χ0v) is 10.7. The average Bonchev–Trinajstić information content (AvgIpc) is 2.25. The highest BCUT2D eigenvalue weighted by molar-refractivity contribution is 4.96. The van der Waals surface area contributed by atoms with Crippen molar-refractivity contribution in [2.24, 2.45) is 11.8 Å². The zero-order chi connectivity index (χ0) is 12.1. The minimum Gasteiger partial charge on any atom is -0.393 e. The second-order valence-corrected chi connectivity index (χ2v) is 5.34. The molecule has 1 aliphatic carbocycles. The van der Waals surface area contributed by atoms with E-state index in [1.165, 1.54) is 6.42 Å². The maximum Gasteiger partial charge on any atom is 0.0672 e. The summed E-state index contributed by atoms with van der Waals surface area (Å²) in [5.74, 6) is 0.902. The van der Waals surface area contributed by atoms with Gasteiger partial charge in [0.25, 0.3) is 0 Å². The minimum absolute atomic E-state index is 0.176. The topological polar surface area (TPSA) is 47.3 Å². The van der Waals surface area contributed by atoms with Crippen LogP contribution >= 0.6 is 0 Å². The Labute approximate surface area is 99.1 Å². The quantitative estimate of drug-likeness (QED) is 0.794. The lowest BCUT2D eigenvalue weighted by Crippen LogP contribution is -2.42. The van der Waals surface area contributed by atoms with Gasteiger partial charge in [0.1, 0.15) is 0 Å². The molecule has 0 amide bonds. The van der Waals surface area contributed by atoms with Gasteiger partial charge in [-0.2, -0.15) is 5.26 Å². The first-order valence-electron chi connectivity index (χ1n) is 6.32. The summed E-state index contributed by atoms with van der Waals surface area (Å²) >= 11 is 0. The molecule has 0 spiro atoms. The van der Waals surface area contributed by atoms with Gasteiger partial charge in [-0.05, 0) is 45.6 Å². The van der Waals surface area contributed by atoms with Gasteiger partial charge in [0.2, 0.25) is 0 Å². The summed E-state index contributed by atoms with van der Waals surface area (Å²) in [4.78, 5) is 2.26. The number of hydrogen-bond acceptors (Lipinski definition) is 3. The van der Waals surface area contributed by atoms with Crippen molar-refractivity contribution >= 4 is 0 Å². The molecule has 0 aromatic carbocycles. The standard InChI is InChI=1S/C13H24N2O/c1-10-4-5-12(9-14)13(8-10)15(3)7-6-11(2)16/h10-13,16H,4-8H2,1-3H3. The smallest absolute Gasteiger partial charge is 0.0672 e. The van der Waals surface area contributed by atoms with E-state index in [2.05, 4.69) is 24.9 Å². The van der Waals surface area contributed by atoms with Crippen LogP contribution in [0.4, 0.5) is 0 Å². The van der Waals surface area contributed by atoms with Crippen LogP contribution in [0.1, 0.15) is 39.5 Å². The molecule has 0 radical (unpaired) electrons. The second kappa shape index (κ2) is 6.22. The maximum atomic E-state index is 9.28. The predicted octanol–water partition coefficient (Wildman–Crippen LogP) is 2.02. The van der Waals surface area contributed by atoms with Crippen LogP contribution in [-0.2, 0) is 0 Å². The number of hydrogen-bond donors (Lipinski definition) is 1. The largest absolute Gasteiger partial charge is 0.393 e. The van der Waals surface area contributed by atoms with Crippen LogP contribution in [0.3, 0.4) is 0 Å². The van der Waals surface area contributed by atoms with E-state index < -0.39 is 0 Å². The number of aliphatic hydroxyl groups excluding tert-OH is 1. The Kier molecular flexibility index (Phi) is 5.24. The third-order valence-corrected chi connectivity index (χ3v) is 3.71. The fourth-order valence-corrected chi connectivity index (χ4v) is 2.54. The van der Waals surface area contributed by atoms with E-state index in [4.69, 9.17) is 5.26 Å². The summed E-state index contributed by atoms with van der Waals surface area (Å²) in [7, 11) is 2.08. The molecule has 4 atom stereocenters. The molecule has 0 aromatic rings. The van der Waals surface area contributed by atoms with Gasteiger partial charge in [-0.1, -0.05) is 6.92 Å². The zero-order valence-electron chi connectivity index (χ0n) is 10.7. The minimum atomic E-state index is -0.246. The Morgan fingerprint density at radius 1 is 1.50 bits per heavy atom. The van der Waals surface area contributed by atoms with Crippen molar-refractivity contribution in [3.63, 3.8) is 0 Å². The van der Waals surface area contributed by atoms with Gasteiger partial charge in [0, 0.05) is 12.6 Å². The molecule has 0 saturated heterocycles. The predicted molar refractivity (Wildman–Crippen MR) is 64.8 cm³/mol. The number of nitrogens with zero attached hydrogens (tertiary/aromatic N) is 2. The molecule has 0 aliphatic heterocycles. The highest BCUT2D eigenvalue weighted by Gasteiger charge is 2.31. The molecule has 0 heterocycles. The summed E-state index contributed by atoms with van der Waals surface area (Å²) in [6.45, 7) is 4.97. The van der Waals surface area contributed by atoms with Crippen molar-refractivity contribution in [3.05, 3.63) is 0 Å². The molecule has 1 saturated carbocycles. The summed E-state index contributed by atoms with van der Waals surface area (Å²) in [6.07, 6.45) is 3.87. The monoisotopic (exact) mass is 224 g/mol. The molecule has 1 fully saturated rings. The number of aliphatic hydroxyl groups is 1. The lowest BCUT2D eigenvalue weighted by atomic mass is 9.79. The Hall–Kier alpha value is -0.590. The van der Waals surface area contributed by atoms with Crippen molar-refractivity contribution in [2.75, 3.05) is 13.6 Å². The van der Waals surface area contributed by atoms with Crippen LogP contribution in [0, 0.1) is 23.2 Å². The average molecular weight is 224 g/mol. The molecule has 1 rings (SSSR count). The first-order chi connectivity index (χ1) is 7.54. The summed E-state index contributed by atoms with van der Waals surface area (Å²) in [5, 5.41) is 18.4. The molecule has 92 valence electrons. The van der Waals surface area contributed by atoms with Gasteiger partial charge in [-0.25, -0.2) is 0 Å². The van der Waals surface area contributed by atoms with E-state index in [1.807, 2.05) is 6.92 Å². The number of nitriles is 1. The van der Waals surface area contributed by atoms with E-state index in [1.54, 1.807) is 0 Å². The molecule has 1 aliphatic rings. The van der Waals surface area contributed by atoms with Crippen LogP contribution in [-0.4, -0.2) is 35.7 Å². The Morgan fingerprint density at radius 3 is 2.75 bits per heavy atom. The Balaban J connectivity index is 2.50. The van der Waals surface area contributed by atoms with Gasteiger partial charge in [0.05, 0.1) is 18.1 Å². The molecule has 4 unspecified atom stereocenters. The van der Waals surface area contributed by atoms with Crippen LogP contribution < -0.4 is 0 Å². The van der Waals surface area contributed by atoms with Crippen LogP contribution in [0.5, 0.6) is 0 Å². The molecular formula is C13H24N2O. The van der Waals surface area contributed by atoms with Crippen molar-refractivity contribution < 1.29 is 5.11 Å². The normalized spacial score (nSPS) is 32.4. The van der Waals surface area contributed by atoms with E-state index >= 15 is 0 Å². The molecule has 3 nitrogen and oxygen atoms in total. The maximum absolute atomic E-state index is 9.28.